The molecule has 0 rings (SSSR count). The van der Waals surface area contributed by atoms with E-state index in [2.05, 4.69) is 6.92 Å². The van der Waals surface area contributed by atoms with Crippen LogP contribution in [0.15, 0.2) is 0 Å². The first-order valence-electron chi connectivity index (χ1n) is 9.25. The minimum atomic E-state index is -0.804. The van der Waals surface area contributed by atoms with Crippen molar-refractivity contribution in [3.63, 3.8) is 0 Å². The van der Waals surface area contributed by atoms with E-state index in [1.807, 2.05) is 20.8 Å². The lowest BCUT2D eigenvalue weighted by Crippen LogP contribution is -2.17. The largest absolute Gasteiger partial charge is 0.481 e. The molecule has 0 aromatic carbocycles. The fraction of sp³-hybridized carbons (Fsp3) is 0.895. The number of hydrogen-bond acceptors (Lipinski definition) is 3. The van der Waals surface area contributed by atoms with Crippen LogP contribution in [0.1, 0.15) is 91.9 Å². The van der Waals surface area contributed by atoms with Crippen molar-refractivity contribution in [1.29, 1.82) is 0 Å². The molecule has 0 amide bonds. The maximum Gasteiger partial charge on any atom is 0.306 e. The number of rotatable bonds is 13. The van der Waals surface area contributed by atoms with Gasteiger partial charge in [0, 0.05) is 13.0 Å². The van der Waals surface area contributed by atoms with Crippen molar-refractivity contribution in [2.75, 3.05) is 6.61 Å². The van der Waals surface area contributed by atoms with Crippen molar-refractivity contribution in [3.8, 4) is 0 Å². The van der Waals surface area contributed by atoms with E-state index < -0.39 is 11.9 Å². The molecule has 3 N–H and O–H groups in total. The summed E-state index contributed by atoms with van der Waals surface area (Å²) >= 11 is 0. The van der Waals surface area contributed by atoms with Gasteiger partial charge in [-0.2, -0.15) is 0 Å². The molecule has 5 heteroatoms. The van der Waals surface area contributed by atoms with E-state index in [4.69, 9.17) is 15.3 Å². The molecule has 0 aliphatic carbocycles. The lowest BCUT2D eigenvalue weighted by Gasteiger charge is -2.19. The van der Waals surface area contributed by atoms with Crippen LogP contribution in [0.3, 0.4) is 0 Å². The second-order valence-corrected chi connectivity index (χ2v) is 7.24. The van der Waals surface area contributed by atoms with E-state index in [1.165, 1.54) is 25.7 Å². The Labute approximate surface area is 147 Å². The molecule has 144 valence electrons. The number of carbonyl (C=O) groups is 2. The number of hydrogen-bond donors (Lipinski definition) is 3. The predicted octanol–water partition coefficient (Wildman–Crippen LogP) is 4.72. The van der Waals surface area contributed by atoms with Crippen LogP contribution in [0.2, 0.25) is 0 Å². The molecule has 0 saturated heterocycles. The van der Waals surface area contributed by atoms with E-state index >= 15 is 0 Å². The average Bonchev–Trinajstić information content (AvgIpc) is 2.52. The number of aliphatic carboxylic acids is 2. The van der Waals surface area contributed by atoms with Crippen LogP contribution >= 0.6 is 0 Å². The lowest BCUT2D eigenvalue weighted by molar-refractivity contribution is -0.142. The van der Waals surface area contributed by atoms with Crippen molar-refractivity contribution in [3.05, 3.63) is 0 Å². The van der Waals surface area contributed by atoms with E-state index in [-0.39, 0.29) is 24.4 Å². The highest BCUT2D eigenvalue weighted by Gasteiger charge is 2.17. The Morgan fingerprint density at radius 3 is 1.92 bits per heavy atom. The monoisotopic (exact) mass is 346 g/mol. The molecule has 0 spiro atoms. The van der Waals surface area contributed by atoms with Gasteiger partial charge in [0.05, 0.1) is 5.92 Å². The third-order valence-electron chi connectivity index (χ3n) is 4.09. The molecule has 5 nitrogen and oxygen atoms in total. The Bertz CT molecular complexity index is 326. The van der Waals surface area contributed by atoms with Crippen LogP contribution in [-0.2, 0) is 9.59 Å². The van der Waals surface area contributed by atoms with Gasteiger partial charge in [-0.1, -0.05) is 66.2 Å². The number of aliphatic hydroxyl groups excluding tert-OH is 1. The molecule has 0 bridgehead atoms. The highest BCUT2D eigenvalue weighted by atomic mass is 16.4. The number of carboxylic acids is 2. The van der Waals surface area contributed by atoms with Gasteiger partial charge in [0.2, 0.25) is 0 Å². The van der Waals surface area contributed by atoms with Crippen LogP contribution in [-0.4, -0.2) is 33.9 Å². The average molecular weight is 347 g/mol. The maximum atomic E-state index is 10.8. The van der Waals surface area contributed by atoms with Gasteiger partial charge < -0.3 is 15.3 Å². The summed E-state index contributed by atoms with van der Waals surface area (Å²) < 4.78 is 0. The Morgan fingerprint density at radius 2 is 1.50 bits per heavy atom. The number of aliphatic hydroxyl groups is 1. The SMILES string of the molecule is CC(C)(CO)CCC(=O)O.CCCCCCCC(CCC)C(=O)O. The van der Waals surface area contributed by atoms with Gasteiger partial charge in [0.15, 0.2) is 0 Å². The molecule has 0 saturated carbocycles. The summed E-state index contributed by atoms with van der Waals surface area (Å²) in [5.74, 6) is -1.51. The van der Waals surface area contributed by atoms with Gasteiger partial charge in [-0.05, 0) is 24.7 Å². The Balaban J connectivity index is 0. The third-order valence-corrected chi connectivity index (χ3v) is 4.09. The number of carboxylic acid groups (broad SMARTS) is 2. The van der Waals surface area contributed by atoms with Crippen molar-refractivity contribution < 1.29 is 24.9 Å². The molecule has 0 fully saturated rings. The molecule has 0 heterocycles. The van der Waals surface area contributed by atoms with Crippen molar-refractivity contribution in [1.82, 2.24) is 0 Å². The normalized spacial score (nSPS) is 12.2. The summed E-state index contributed by atoms with van der Waals surface area (Å²) in [5.41, 5.74) is -0.252. The molecule has 0 aromatic heterocycles. The molecule has 0 aliphatic rings. The predicted molar refractivity (Wildman–Crippen MR) is 97.1 cm³/mol. The van der Waals surface area contributed by atoms with Gasteiger partial charge in [0.1, 0.15) is 0 Å². The van der Waals surface area contributed by atoms with Gasteiger partial charge >= 0.3 is 11.9 Å². The standard InChI is InChI=1S/C12H24O2.C7H14O3/c1-3-5-6-7-8-10-11(9-4-2)12(13)14;1-7(2,5-8)4-3-6(9)10/h11H,3-10H2,1-2H3,(H,13,14);8H,3-5H2,1-2H3,(H,9,10). The first-order valence-corrected chi connectivity index (χ1v) is 9.25. The molecule has 24 heavy (non-hydrogen) atoms. The van der Waals surface area contributed by atoms with Crippen LogP contribution in [0, 0.1) is 11.3 Å². The summed E-state index contributed by atoms with van der Waals surface area (Å²) in [7, 11) is 0. The molecule has 1 atom stereocenters. The van der Waals surface area contributed by atoms with E-state index in [1.54, 1.807) is 0 Å². The molecular formula is C19H38O5. The zero-order chi connectivity index (χ0) is 19.0. The third kappa shape index (κ3) is 17.3. The van der Waals surface area contributed by atoms with Crippen LogP contribution < -0.4 is 0 Å². The van der Waals surface area contributed by atoms with Crippen molar-refractivity contribution in [2.24, 2.45) is 11.3 Å². The van der Waals surface area contributed by atoms with Gasteiger partial charge in [0.25, 0.3) is 0 Å². The van der Waals surface area contributed by atoms with E-state index in [0.29, 0.717) is 6.42 Å². The van der Waals surface area contributed by atoms with Crippen LogP contribution in [0.5, 0.6) is 0 Å². The minimum Gasteiger partial charge on any atom is -0.481 e. The topological polar surface area (TPSA) is 94.8 Å². The second kappa shape index (κ2) is 15.4. The number of unbranched alkanes of at least 4 members (excludes halogenated alkanes) is 4. The summed E-state index contributed by atoms with van der Waals surface area (Å²) in [6, 6.07) is 0. The first-order chi connectivity index (χ1) is 11.2. The quantitative estimate of drug-likeness (QED) is 0.419. The Hall–Kier alpha value is -1.10. The highest BCUT2D eigenvalue weighted by molar-refractivity contribution is 5.69. The zero-order valence-corrected chi connectivity index (χ0v) is 16.0. The fourth-order valence-corrected chi connectivity index (χ4v) is 2.26. The fourth-order valence-electron chi connectivity index (χ4n) is 2.26. The summed E-state index contributed by atoms with van der Waals surface area (Å²) in [6.07, 6.45) is 9.41. The van der Waals surface area contributed by atoms with E-state index in [9.17, 15) is 9.59 Å². The first kappa shape index (κ1) is 25.1. The lowest BCUT2D eigenvalue weighted by atomic mass is 9.89. The summed E-state index contributed by atoms with van der Waals surface area (Å²) in [5, 5.41) is 25.9. The molecule has 0 aliphatic heterocycles. The molecular weight excluding hydrogens is 308 g/mol. The Morgan fingerprint density at radius 1 is 0.917 bits per heavy atom. The van der Waals surface area contributed by atoms with Crippen molar-refractivity contribution >= 4 is 11.9 Å². The van der Waals surface area contributed by atoms with Crippen LogP contribution in [0.4, 0.5) is 0 Å². The second-order valence-electron chi connectivity index (χ2n) is 7.24. The van der Waals surface area contributed by atoms with Gasteiger partial charge in [-0.25, -0.2) is 0 Å². The minimum absolute atomic E-state index is 0.0419. The van der Waals surface area contributed by atoms with Crippen molar-refractivity contribution in [2.45, 2.75) is 91.9 Å². The smallest absolute Gasteiger partial charge is 0.306 e. The molecule has 0 radical (unpaired) electrons. The Kier molecular flexibility index (Phi) is 16.2. The van der Waals surface area contributed by atoms with Gasteiger partial charge in [-0.3, -0.25) is 9.59 Å². The maximum absolute atomic E-state index is 10.8. The van der Waals surface area contributed by atoms with E-state index in [0.717, 1.165) is 25.7 Å². The van der Waals surface area contributed by atoms with Crippen LogP contribution in [0.25, 0.3) is 0 Å². The summed E-state index contributed by atoms with van der Waals surface area (Å²) in [6.45, 7) is 7.97. The highest BCUT2D eigenvalue weighted by Crippen LogP contribution is 2.20. The summed E-state index contributed by atoms with van der Waals surface area (Å²) in [4.78, 5) is 20.9. The van der Waals surface area contributed by atoms with Gasteiger partial charge in [-0.15, -0.1) is 0 Å². The zero-order valence-electron chi connectivity index (χ0n) is 16.0. The molecule has 0 aromatic rings. The molecule has 1 unspecified atom stereocenters.